The highest BCUT2D eigenvalue weighted by Crippen LogP contribution is 2.12. The first-order valence-electron chi connectivity index (χ1n) is 5.17. The topological polar surface area (TPSA) is 100 Å². The molecule has 0 unspecified atom stereocenters. The minimum absolute atomic E-state index is 0.0689. The third kappa shape index (κ3) is 4.52. The van der Waals surface area contributed by atoms with Crippen molar-refractivity contribution in [2.75, 3.05) is 25.1 Å². The standard InChI is InChI=1S/C11H17N5O/c1-16(6-7-17)10-4-2-9(3-5-10)8-14-15-11(12)13/h2-5,8,17H,6-7H2,1H3,(H4,12,13,15). The van der Waals surface area contributed by atoms with Crippen molar-refractivity contribution in [3.63, 3.8) is 0 Å². The number of likely N-dealkylation sites (N-methyl/N-ethyl adjacent to an activating group) is 1. The maximum Gasteiger partial charge on any atom is 0.211 e. The van der Waals surface area contributed by atoms with Crippen LogP contribution in [0.1, 0.15) is 5.56 Å². The summed E-state index contributed by atoms with van der Waals surface area (Å²) in [5.74, 6) is -0.0689. The lowest BCUT2D eigenvalue weighted by Crippen LogP contribution is -2.21. The maximum absolute atomic E-state index is 8.82. The molecule has 0 bridgehead atoms. The average Bonchev–Trinajstić information content (AvgIpc) is 2.30. The summed E-state index contributed by atoms with van der Waals surface area (Å²) in [6.45, 7) is 0.728. The van der Waals surface area contributed by atoms with Crippen LogP contribution in [0.4, 0.5) is 5.69 Å². The molecular formula is C11H17N5O. The largest absolute Gasteiger partial charge is 0.395 e. The van der Waals surface area contributed by atoms with Crippen molar-refractivity contribution in [2.45, 2.75) is 0 Å². The first-order chi connectivity index (χ1) is 8.13. The van der Waals surface area contributed by atoms with Crippen LogP contribution >= 0.6 is 0 Å². The predicted octanol–water partition coefficient (Wildman–Crippen LogP) is -0.278. The highest BCUT2D eigenvalue weighted by Gasteiger charge is 1.98. The molecule has 5 N–H and O–H groups in total. The van der Waals surface area contributed by atoms with E-state index in [-0.39, 0.29) is 12.6 Å². The molecule has 0 aliphatic rings. The van der Waals surface area contributed by atoms with Crippen LogP contribution in [0.2, 0.25) is 0 Å². The lowest BCUT2D eigenvalue weighted by atomic mass is 10.2. The number of aliphatic hydroxyl groups is 1. The zero-order valence-electron chi connectivity index (χ0n) is 9.74. The summed E-state index contributed by atoms with van der Waals surface area (Å²) in [4.78, 5) is 1.96. The van der Waals surface area contributed by atoms with Crippen LogP contribution in [-0.2, 0) is 0 Å². The lowest BCUT2D eigenvalue weighted by molar-refractivity contribution is 0.304. The number of nitrogens with zero attached hydrogens (tertiary/aromatic N) is 3. The van der Waals surface area contributed by atoms with Gasteiger partial charge in [0, 0.05) is 19.3 Å². The normalized spacial score (nSPS) is 10.5. The molecule has 0 aliphatic carbocycles. The van der Waals surface area contributed by atoms with Gasteiger partial charge in [-0.15, -0.1) is 5.10 Å². The lowest BCUT2D eigenvalue weighted by Gasteiger charge is -2.17. The van der Waals surface area contributed by atoms with E-state index in [0.717, 1.165) is 11.3 Å². The zero-order chi connectivity index (χ0) is 12.7. The van der Waals surface area contributed by atoms with E-state index in [1.54, 1.807) is 6.21 Å². The Morgan fingerprint density at radius 3 is 2.53 bits per heavy atom. The molecule has 6 nitrogen and oxygen atoms in total. The van der Waals surface area contributed by atoms with Crippen molar-refractivity contribution in [3.05, 3.63) is 29.8 Å². The van der Waals surface area contributed by atoms with Gasteiger partial charge in [0.2, 0.25) is 5.96 Å². The molecular weight excluding hydrogens is 218 g/mol. The minimum Gasteiger partial charge on any atom is -0.395 e. The van der Waals surface area contributed by atoms with Gasteiger partial charge in [-0.25, -0.2) is 0 Å². The number of benzene rings is 1. The van der Waals surface area contributed by atoms with Crippen molar-refractivity contribution in [3.8, 4) is 0 Å². The molecule has 0 aromatic heterocycles. The molecule has 1 aromatic carbocycles. The van der Waals surface area contributed by atoms with Crippen molar-refractivity contribution in [2.24, 2.45) is 21.7 Å². The summed E-state index contributed by atoms with van der Waals surface area (Å²) in [6.07, 6.45) is 1.57. The van der Waals surface area contributed by atoms with Gasteiger partial charge in [0.25, 0.3) is 0 Å². The Labute approximate surface area is 100 Å². The Kier molecular flexibility index (Phi) is 4.96. The average molecular weight is 235 g/mol. The number of aliphatic hydroxyl groups excluding tert-OH is 1. The van der Waals surface area contributed by atoms with Crippen molar-refractivity contribution >= 4 is 17.9 Å². The number of hydrogen-bond donors (Lipinski definition) is 3. The van der Waals surface area contributed by atoms with E-state index in [0.29, 0.717) is 6.54 Å². The van der Waals surface area contributed by atoms with Crippen LogP contribution in [0.25, 0.3) is 0 Å². The minimum atomic E-state index is -0.0689. The second kappa shape index (κ2) is 6.49. The second-order valence-electron chi connectivity index (χ2n) is 3.51. The van der Waals surface area contributed by atoms with E-state index in [4.69, 9.17) is 16.6 Å². The summed E-state index contributed by atoms with van der Waals surface area (Å²) in [5.41, 5.74) is 12.2. The van der Waals surface area contributed by atoms with Crippen LogP contribution in [0.5, 0.6) is 0 Å². The summed E-state index contributed by atoms with van der Waals surface area (Å²) in [7, 11) is 1.92. The van der Waals surface area contributed by atoms with Gasteiger partial charge in [-0.3, -0.25) is 0 Å². The third-order valence-corrected chi connectivity index (χ3v) is 2.15. The fraction of sp³-hybridized carbons (Fsp3) is 0.273. The predicted molar refractivity (Wildman–Crippen MR) is 70.2 cm³/mol. The molecule has 17 heavy (non-hydrogen) atoms. The van der Waals surface area contributed by atoms with Crippen LogP contribution in [0.3, 0.4) is 0 Å². The molecule has 1 rings (SSSR count). The summed E-state index contributed by atoms with van der Waals surface area (Å²) >= 11 is 0. The molecule has 0 heterocycles. The van der Waals surface area contributed by atoms with E-state index in [1.807, 2.05) is 36.2 Å². The van der Waals surface area contributed by atoms with Gasteiger partial charge in [0.05, 0.1) is 12.8 Å². The van der Waals surface area contributed by atoms with Crippen LogP contribution in [-0.4, -0.2) is 37.5 Å². The molecule has 1 aromatic rings. The molecule has 0 spiro atoms. The second-order valence-corrected chi connectivity index (χ2v) is 3.51. The highest BCUT2D eigenvalue weighted by molar-refractivity contribution is 5.82. The molecule has 0 saturated heterocycles. The van der Waals surface area contributed by atoms with Gasteiger partial charge < -0.3 is 21.5 Å². The van der Waals surface area contributed by atoms with Gasteiger partial charge in [-0.1, -0.05) is 12.1 Å². The number of rotatable bonds is 5. The summed E-state index contributed by atoms with van der Waals surface area (Å²) in [6, 6.07) is 7.67. The summed E-state index contributed by atoms with van der Waals surface area (Å²) in [5, 5.41) is 16.0. The Hall–Kier alpha value is -2.08. The van der Waals surface area contributed by atoms with Gasteiger partial charge in [-0.2, -0.15) is 5.10 Å². The Morgan fingerprint density at radius 1 is 1.35 bits per heavy atom. The number of anilines is 1. The number of hydrogen-bond acceptors (Lipinski definition) is 4. The first-order valence-corrected chi connectivity index (χ1v) is 5.17. The molecule has 0 amide bonds. The van der Waals surface area contributed by atoms with Gasteiger partial charge >= 0.3 is 0 Å². The molecule has 92 valence electrons. The molecule has 6 heteroatoms. The zero-order valence-corrected chi connectivity index (χ0v) is 9.74. The molecule has 0 saturated carbocycles. The molecule has 0 aliphatic heterocycles. The summed E-state index contributed by atoms with van der Waals surface area (Å²) < 4.78 is 0. The number of nitrogens with two attached hydrogens (primary N) is 2. The first kappa shape index (κ1) is 13.0. The fourth-order valence-corrected chi connectivity index (χ4v) is 1.26. The highest BCUT2D eigenvalue weighted by atomic mass is 16.3. The Balaban J connectivity index is 2.68. The van der Waals surface area contributed by atoms with E-state index in [2.05, 4.69) is 10.2 Å². The monoisotopic (exact) mass is 235 g/mol. The smallest absolute Gasteiger partial charge is 0.211 e. The fourth-order valence-electron chi connectivity index (χ4n) is 1.26. The Morgan fingerprint density at radius 2 is 2.00 bits per heavy atom. The van der Waals surface area contributed by atoms with Crippen molar-refractivity contribution in [1.82, 2.24) is 0 Å². The van der Waals surface area contributed by atoms with Crippen molar-refractivity contribution in [1.29, 1.82) is 0 Å². The van der Waals surface area contributed by atoms with Crippen LogP contribution in [0, 0.1) is 0 Å². The van der Waals surface area contributed by atoms with Gasteiger partial charge in [0.15, 0.2) is 0 Å². The van der Waals surface area contributed by atoms with Crippen LogP contribution in [0.15, 0.2) is 34.5 Å². The molecule has 0 fully saturated rings. The number of guanidine groups is 1. The van der Waals surface area contributed by atoms with E-state index in [1.165, 1.54) is 0 Å². The van der Waals surface area contributed by atoms with Gasteiger partial charge in [0.1, 0.15) is 0 Å². The van der Waals surface area contributed by atoms with E-state index < -0.39 is 0 Å². The Bertz CT molecular complexity index is 395. The SMILES string of the molecule is CN(CCO)c1ccc(C=NN=C(N)N)cc1. The van der Waals surface area contributed by atoms with Crippen LogP contribution < -0.4 is 16.4 Å². The van der Waals surface area contributed by atoms with Crippen molar-refractivity contribution < 1.29 is 5.11 Å². The van der Waals surface area contributed by atoms with Gasteiger partial charge in [-0.05, 0) is 17.7 Å². The maximum atomic E-state index is 8.82. The quantitative estimate of drug-likeness (QED) is 0.371. The molecule has 0 radical (unpaired) electrons. The van der Waals surface area contributed by atoms with E-state index >= 15 is 0 Å². The molecule has 0 atom stereocenters. The van der Waals surface area contributed by atoms with E-state index in [9.17, 15) is 0 Å². The third-order valence-electron chi connectivity index (χ3n) is 2.15.